The highest BCUT2D eigenvalue weighted by Gasteiger charge is 2.35. The lowest BCUT2D eigenvalue weighted by Gasteiger charge is -2.37. The van der Waals surface area contributed by atoms with E-state index in [4.69, 9.17) is 34.0 Å². The maximum absolute atomic E-state index is 12.0. The zero-order valence-corrected chi connectivity index (χ0v) is 35.5. The van der Waals surface area contributed by atoms with Crippen LogP contribution in [0.3, 0.4) is 0 Å². The molecule has 13 nitrogen and oxygen atoms in total. The summed E-state index contributed by atoms with van der Waals surface area (Å²) in [6.45, 7) is 4.69. The van der Waals surface area contributed by atoms with Gasteiger partial charge in [0, 0.05) is 45.7 Å². The summed E-state index contributed by atoms with van der Waals surface area (Å²) in [5.41, 5.74) is 3.75. The van der Waals surface area contributed by atoms with Crippen molar-refractivity contribution in [1.82, 2.24) is 0 Å². The number of aromatic nitrogens is 2. The van der Waals surface area contributed by atoms with Crippen LogP contribution in [0.2, 0.25) is 0 Å². The van der Waals surface area contributed by atoms with Crippen molar-refractivity contribution in [3.8, 4) is 23.0 Å². The molecule has 5 aromatic carbocycles. The quantitative estimate of drug-likeness (QED) is 0.0326. The van der Waals surface area contributed by atoms with E-state index in [1.807, 2.05) is 68.4 Å². The number of phenolic OH excluding ortho intramolecular Hbond substituents is 2. The predicted molar refractivity (Wildman–Crippen MR) is 234 cm³/mol. The van der Waals surface area contributed by atoms with E-state index in [0.29, 0.717) is 31.1 Å². The number of esters is 2. The van der Waals surface area contributed by atoms with Crippen LogP contribution >= 0.6 is 0 Å². The number of carbonyl (C=O) groups is 2. The van der Waals surface area contributed by atoms with Crippen molar-refractivity contribution in [1.29, 1.82) is 0 Å². The third-order valence-corrected chi connectivity index (χ3v) is 9.45. The zero-order valence-electron chi connectivity index (χ0n) is 35.5. The Hall–Kier alpha value is -7.52. The smallest absolute Gasteiger partial charge is 0.414 e. The van der Waals surface area contributed by atoms with Gasteiger partial charge in [-0.05, 0) is 104 Å². The lowest BCUT2D eigenvalue weighted by Crippen LogP contribution is -2.48. The first-order valence-corrected chi connectivity index (χ1v) is 20.5. The van der Waals surface area contributed by atoms with Gasteiger partial charge in [0.2, 0.25) is 12.4 Å². The van der Waals surface area contributed by atoms with Crippen LogP contribution in [-0.4, -0.2) is 49.3 Å². The number of nitrogens with zero attached hydrogens (tertiary/aromatic N) is 2. The molecule has 7 aromatic rings. The summed E-state index contributed by atoms with van der Waals surface area (Å²) in [7, 11) is -2.23. The molecule has 0 aliphatic carbocycles. The Kier molecular flexibility index (Phi) is 18.4. The fourth-order valence-corrected chi connectivity index (χ4v) is 6.64. The van der Waals surface area contributed by atoms with E-state index in [9.17, 15) is 19.6 Å². The molecule has 2 aromatic heterocycles. The number of carbonyl (C=O) groups excluding carboxylic acids is 2. The van der Waals surface area contributed by atoms with Crippen LogP contribution < -0.4 is 38.7 Å². The molecule has 2 N–H and O–H groups in total. The normalized spacial score (nSPS) is 10.5. The number of hydrogen-bond acceptors (Lipinski definition) is 11. The second-order valence-corrected chi connectivity index (χ2v) is 13.7. The largest absolute Gasteiger partial charge is 0.871 e. The minimum absolute atomic E-state index is 0.115. The van der Waals surface area contributed by atoms with E-state index in [1.165, 1.54) is 74.7 Å². The maximum Gasteiger partial charge on any atom is 0.414 e. The van der Waals surface area contributed by atoms with Gasteiger partial charge in [-0.3, -0.25) is 9.68 Å². The van der Waals surface area contributed by atoms with E-state index in [0.717, 1.165) is 6.42 Å². The molecule has 0 bridgehead atoms. The minimum atomic E-state index is -2.23. The summed E-state index contributed by atoms with van der Waals surface area (Å²) >= 11 is 0. The SMILES string of the molecule is CCO[n+]1ccccc1C(=O)Oc1ccc(O)cc1.CCO[n+]1ccccc1C(=O)Oc1ccc(O)cc1.[O-]B([O-])OCCCC(c1ccccc1)(c1ccccc1)c1ccccc1. The fraction of sp³-hybridized carbons (Fsp3) is 0.160. The van der Waals surface area contributed by atoms with Crippen molar-refractivity contribution in [2.75, 3.05) is 19.8 Å². The Balaban J connectivity index is 0.000000184. The van der Waals surface area contributed by atoms with Gasteiger partial charge in [-0.1, -0.05) is 91.0 Å². The van der Waals surface area contributed by atoms with Crippen molar-refractivity contribution in [2.24, 2.45) is 0 Å². The van der Waals surface area contributed by atoms with E-state index in [-0.39, 0.29) is 34.9 Å². The monoisotopic (exact) mass is 864 g/mol. The second kappa shape index (κ2) is 24.8. The molecule has 64 heavy (non-hydrogen) atoms. The average molecular weight is 865 g/mol. The Morgan fingerprint density at radius 2 is 0.891 bits per heavy atom. The maximum atomic E-state index is 12.0. The van der Waals surface area contributed by atoms with Gasteiger partial charge in [0.05, 0.1) is 7.32 Å². The van der Waals surface area contributed by atoms with Gasteiger partial charge >= 0.3 is 23.3 Å². The molecule has 328 valence electrons. The number of ether oxygens (including phenoxy) is 2. The molecule has 0 spiro atoms. The van der Waals surface area contributed by atoms with E-state index < -0.39 is 19.3 Å². The summed E-state index contributed by atoms with van der Waals surface area (Å²) in [4.78, 5) is 34.6. The first-order chi connectivity index (χ1) is 31.1. The standard InChI is InChI=1S/C22H21BO3.2C14H13NO4/c24-23(25)26-18-10-17-22(19-11-4-1-5-12-19,20-13-6-2-7-14-20)21-15-8-3-9-16-21;2*1-2-18-15-10-4-3-5-13(15)14(17)19-12-8-6-11(16)7-9-12/h1-9,11-16H,10,17-18H2;2*3-10H,2H2,1H3/q-2;;/p+2. The molecule has 0 amide bonds. The highest BCUT2D eigenvalue weighted by atomic mass is 16.7. The summed E-state index contributed by atoms with van der Waals surface area (Å²) < 4.78 is 17.8. The van der Waals surface area contributed by atoms with Crippen LogP contribution in [0.5, 0.6) is 23.0 Å². The highest BCUT2D eigenvalue weighted by molar-refractivity contribution is 6.28. The highest BCUT2D eigenvalue weighted by Crippen LogP contribution is 2.43. The van der Waals surface area contributed by atoms with Crippen LogP contribution in [0.4, 0.5) is 0 Å². The van der Waals surface area contributed by atoms with Gasteiger partial charge < -0.3 is 34.4 Å². The Morgan fingerprint density at radius 1 is 0.531 bits per heavy atom. The molecule has 0 unspecified atom stereocenters. The van der Waals surface area contributed by atoms with Crippen molar-refractivity contribution in [3.63, 3.8) is 0 Å². The van der Waals surface area contributed by atoms with Gasteiger partial charge in [0.1, 0.15) is 23.0 Å². The van der Waals surface area contributed by atoms with Crippen molar-refractivity contribution < 1.29 is 63.1 Å². The predicted octanol–water partition coefficient (Wildman–Crippen LogP) is 5.22. The molecular weight excluding hydrogens is 815 g/mol. The summed E-state index contributed by atoms with van der Waals surface area (Å²) in [5.74, 6) is -0.114. The minimum Gasteiger partial charge on any atom is -0.871 e. The molecule has 2 heterocycles. The molecule has 0 aliphatic rings. The van der Waals surface area contributed by atoms with Crippen molar-refractivity contribution in [2.45, 2.75) is 32.1 Å². The molecule has 0 saturated carbocycles. The Morgan fingerprint density at radius 3 is 1.23 bits per heavy atom. The van der Waals surface area contributed by atoms with Crippen LogP contribution in [0.1, 0.15) is 64.4 Å². The van der Waals surface area contributed by atoms with Gasteiger partial charge in [-0.2, -0.15) is 0 Å². The lowest BCUT2D eigenvalue weighted by atomic mass is 9.67. The van der Waals surface area contributed by atoms with Crippen molar-refractivity contribution in [3.05, 3.63) is 216 Å². The van der Waals surface area contributed by atoms with Crippen LogP contribution in [-0.2, 0) is 10.1 Å². The number of phenols is 2. The van der Waals surface area contributed by atoms with Gasteiger partial charge in [0.15, 0.2) is 13.2 Å². The van der Waals surface area contributed by atoms with Gasteiger partial charge in [-0.25, -0.2) is 9.59 Å². The van der Waals surface area contributed by atoms with E-state index >= 15 is 0 Å². The third-order valence-electron chi connectivity index (χ3n) is 9.45. The fourth-order valence-electron chi connectivity index (χ4n) is 6.64. The Bertz CT molecular complexity index is 2260. The van der Waals surface area contributed by atoms with Crippen LogP contribution in [0, 0.1) is 0 Å². The molecule has 0 saturated heterocycles. The van der Waals surface area contributed by atoms with Crippen LogP contribution in [0.25, 0.3) is 0 Å². The van der Waals surface area contributed by atoms with Gasteiger partial charge in [0.25, 0.3) is 0 Å². The first-order valence-electron chi connectivity index (χ1n) is 20.5. The van der Waals surface area contributed by atoms with Crippen molar-refractivity contribution >= 4 is 19.3 Å². The van der Waals surface area contributed by atoms with E-state index in [2.05, 4.69) is 36.4 Å². The number of benzene rings is 5. The zero-order chi connectivity index (χ0) is 45.6. The first kappa shape index (κ1) is 47.5. The number of rotatable bonds is 16. The average Bonchev–Trinajstić information content (AvgIpc) is 3.32. The third kappa shape index (κ3) is 13.7. The number of hydrogen-bond donors (Lipinski definition) is 2. The second-order valence-electron chi connectivity index (χ2n) is 13.7. The topological polar surface area (TPSA) is 175 Å². The Labute approximate surface area is 372 Å². The number of aromatic hydroxyl groups is 2. The molecule has 7 rings (SSSR count). The molecular formula is C50H49BN2O11. The van der Waals surface area contributed by atoms with E-state index in [1.54, 1.807) is 48.8 Å². The molecule has 0 aliphatic heterocycles. The lowest BCUT2D eigenvalue weighted by molar-refractivity contribution is -0.892. The molecule has 0 atom stereocenters. The number of pyridine rings is 2. The summed E-state index contributed by atoms with van der Waals surface area (Å²) in [5, 5.41) is 39.7. The molecule has 0 radical (unpaired) electrons. The molecule has 14 heteroatoms. The molecule has 0 fully saturated rings. The summed E-state index contributed by atoms with van der Waals surface area (Å²) in [6.07, 6.45) is 4.62. The van der Waals surface area contributed by atoms with Crippen LogP contribution in [0.15, 0.2) is 188 Å². The van der Waals surface area contributed by atoms with Gasteiger partial charge in [-0.15, -0.1) is 0 Å². The summed E-state index contributed by atoms with van der Waals surface area (Å²) in [6, 6.07) is 53.1.